The third kappa shape index (κ3) is 2.78. The van der Waals surface area contributed by atoms with E-state index in [4.69, 9.17) is 0 Å². The number of hydrogen-bond acceptors (Lipinski definition) is 2. The van der Waals surface area contributed by atoms with Crippen molar-refractivity contribution in [1.29, 1.82) is 0 Å². The topological polar surface area (TPSA) is 42.0 Å². The van der Waals surface area contributed by atoms with Gasteiger partial charge in [0, 0.05) is 22.9 Å². The van der Waals surface area contributed by atoms with Gasteiger partial charge in [-0.15, -0.1) is 0 Å². The van der Waals surface area contributed by atoms with Crippen molar-refractivity contribution in [2.75, 3.05) is 0 Å². The fourth-order valence-corrected chi connectivity index (χ4v) is 1.91. The average Bonchev–Trinajstić information content (AvgIpc) is 3.00. The molecule has 3 nitrogen and oxygen atoms in total. The van der Waals surface area contributed by atoms with Crippen molar-refractivity contribution < 1.29 is 4.79 Å². The van der Waals surface area contributed by atoms with Crippen LogP contribution in [0.4, 0.5) is 0 Å². The summed E-state index contributed by atoms with van der Waals surface area (Å²) >= 11 is 3.30. The predicted octanol–water partition coefficient (Wildman–Crippen LogP) is 2.37. The van der Waals surface area contributed by atoms with Gasteiger partial charge in [0.1, 0.15) is 0 Å². The molecule has 1 heterocycles. The Morgan fingerprint density at radius 3 is 2.93 bits per heavy atom. The van der Waals surface area contributed by atoms with Crippen molar-refractivity contribution in [3.8, 4) is 0 Å². The van der Waals surface area contributed by atoms with Gasteiger partial charge in [0.25, 0.3) is 5.91 Å². The number of halogens is 1. The molecule has 0 saturated heterocycles. The first-order valence-electron chi connectivity index (χ1n) is 5.08. The molecule has 1 unspecified atom stereocenters. The van der Waals surface area contributed by atoms with Gasteiger partial charge >= 0.3 is 0 Å². The molecule has 0 aromatic carbocycles. The number of rotatable bonds is 3. The Bertz CT molecular complexity index is 377. The van der Waals surface area contributed by atoms with E-state index in [0.717, 1.165) is 4.47 Å². The largest absolute Gasteiger partial charge is 0.349 e. The van der Waals surface area contributed by atoms with Crippen LogP contribution in [0.2, 0.25) is 0 Å². The highest BCUT2D eigenvalue weighted by atomic mass is 79.9. The molecule has 4 heteroatoms. The molecule has 80 valence electrons. The lowest BCUT2D eigenvalue weighted by molar-refractivity contribution is 0.0935. The number of pyridine rings is 1. The van der Waals surface area contributed by atoms with Gasteiger partial charge in [-0.3, -0.25) is 9.78 Å². The normalized spacial score (nSPS) is 17.2. The zero-order valence-corrected chi connectivity index (χ0v) is 10.1. The second-order valence-corrected chi connectivity index (χ2v) is 4.91. The number of aromatic nitrogens is 1. The highest BCUT2D eigenvalue weighted by Crippen LogP contribution is 2.32. The minimum Gasteiger partial charge on any atom is -0.349 e. The molecule has 1 aromatic rings. The molecule has 1 fully saturated rings. The predicted molar refractivity (Wildman–Crippen MR) is 61.6 cm³/mol. The monoisotopic (exact) mass is 268 g/mol. The van der Waals surface area contributed by atoms with E-state index < -0.39 is 0 Å². The smallest absolute Gasteiger partial charge is 0.253 e. The summed E-state index contributed by atoms with van der Waals surface area (Å²) in [5.41, 5.74) is 0.608. The maximum Gasteiger partial charge on any atom is 0.253 e. The van der Waals surface area contributed by atoms with Crippen LogP contribution in [0.3, 0.4) is 0 Å². The number of nitrogens with one attached hydrogen (secondary N) is 1. The van der Waals surface area contributed by atoms with Crippen LogP contribution in [-0.2, 0) is 0 Å². The Kier molecular flexibility index (Phi) is 3.05. The van der Waals surface area contributed by atoms with E-state index in [0.29, 0.717) is 11.5 Å². The highest BCUT2D eigenvalue weighted by molar-refractivity contribution is 9.10. The molecule has 0 bridgehead atoms. The minimum absolute atomic E-state index is 0.0387. The fraction of sp³-hybridized carbons (Fsp3) is 0.455. The summed E-state index contributed by atoms with van der Waals surface area (Å²) in [4.78, 5) is 15.7. The number of amides is 1. The number of nitrogens with zero attached hydrogens (tertiary/aromatic N) is 1. The van der Waals surface area contributed by atoms with E-state index in [2.05, 4.69) is 33.2 Å². The van der Waals surface area contributed by atoms with Crippen LogP contribution in [0.1, 0.15) is 30.1 Å². The zero-order chi connectivity index (χ0) is 10.8. The highest BCUT2D eigenvalue weighted by Gasteiger charge is 2.29. The van der Waals surface area contributed by atoms with Crippen molar-refractivity contribution in [1.82, 2.24) is 10.3 Å². The lowest BCUT2D eigenvalue weighted by atomic mass is 10.2. The van der Waals surface area contributed by atoms with Gasteiger partial charge in [-0.2, -0.15) is 0 Å². The quantitative estimate of drug-likeness (QED) is 0.915. The molecule has 0 radical (unpaired) electrons. The van der Waals surface area contributed by atoms with E-state index in [1.807, 2.05) is 0 Å². The molecule has 1 aliphatic rings. The van der Waals surface area contributed by atoms with E-state index in [1.165, 1.54) is 12.8 Å². The first-order chi connectivity index (χ1) is 7.16. The van der Waals surface area contributed by atoms with E-state index in [9.17, 15) is 4.79 Å². The molecule has 1 amide bonds. The molecule has 1 N–H and O–H groups in total. The van der Waals surface area contributed by atoms with E-state index >= 15 is 0 Å². The van der Waals surface area contributed by atoms with Crippen LogP contribution in [0.5, 0.6) is 0 Å². The van der Waals surface area contributed by atoms with Crippen LogP contribution in [0, 0.1) is 5.92 Å². The summed E-state index contributed by atoms with van der Waals surface area (Å²) in [6, 6.07) is 2.05. The molecule has 1 saturated carbocycles. The first-order valence-corrected chi connectivity index (χ1v) is 5.87. The summed E-state index contributed by atoms with van der Waals surface area (Å²) in [6.07, 6.45) is 5.72. The van der Waals surface area contributed by atoms with Crippen molar-refractivity contribution >= 4 is 21.8 Å². The summed E-state index contributed by atoms with van der Waals surface area (Å²) in [7, 11) is 0. The Morgan fingerprint density at radius 2 is 2.33 bits per heavy atom. The van der Waals surface area contributed by atoms with Crippen LogP contribution in [0.15, 0.2) is 22.9 Å². The van der Waals surface area contributed by atoms with Gasteiger partial charge < -0.3 is 5.32 Å². The summed E-state index contributed by atoms with van der Waals surface area (Å²) in [6.45, 7) is 2.06. The Balaban J connectivity index is 2.00. The Hall–Kier alpha value is -0.900. The lowest BCUT2D eigenvalue weighted by Crippen LogP contribution is -2.34. The number of carbonyl (C=O) groups excluding carboxylic acids is 1. The zero-order valence-electron chi connectivity index (χ0n) is 8.53. The van der Waals surface area contributed by atoms with Crippen molar-refractivity contribution in [3.63, 3.8) is 0 Å². The van der Waals surface area contributed by atoms with Gasteiger partial charge in [0.2, 0.25) is 0 Å². The van der Waals surface area contributed by atoms with Gasteiger partial charge in [-0.25, -0.2) is 0 Å². The molecular formula is C11H13BrN2O. The maximum atomic E-state index is 11.8. The molecule has 1 aromatic heterocycles. The molecule has 1 aliphatic carbocycles. The molecule has 0 aliphatic heterocycles. The van der Waals surface area contributed by atoms with Crippen LogP contribution in [-0.4, -0.2) is 16.9 Å². The van der Waals surface area contributed by atoms with Gasteiger partial charge in [0.15, 0.2) is 0 Å². The van der Waals surface area contributed by atoms with Gasteiger partial charge in [0.05, 0.1) is 5.56 Å². The van der Waals surface area contributed by atoms with Crippen molar-refractivity contribution in [3.05, 3.63) is 28.5 Å². The van der Waals surface area contributed by atoms with Crippen LogP contribution in [0.25, 0.3) is 0 Å². The van der Waals surface area contributed by atoms with Crippen molar-refractivity contribution in [2.24, 2.45) is 5.92 Å². The molecular weight excluding hydrogens is 256 g/mol. The standard InChI is InChI=1S/C11H13BrN2O/c1-7(8-2-3-8)14-11(15)9-4-10(12)6-13-5-9/h4-8H,2-3H2,1H3,(H,14,15). The summed E-state index contributed by atoms with van der Waals surface area (Å²) in [5, 5.41) is 2.99. The van der Waals surface area contributed by atoms with Gasteiger partial charge in [-0.1, -0.05) is 0 Å². The fourth-order valence-electron chi connectivity index (χ4n) is 1.54. The first kappa shape index (κ1) is 10.6. The third-order valence-corrected chi connectivity index (χ3v) is 3.09. The van der Waals surface area contributed by atoms with Crippen molar-refractivity contribution in [2.45, 2.75) is 25.8 Å². The average molecular weight is 269 g/mol. The summed E-state index contributed by atoms with van der Waals surface area (Å²) in [5.74, 6) is 0.636. The van der Waals surface area contributed by atoms with E-state index in [-0.39, 0.29) is 11.9 Å². The van der Waals surface area contributed by atoms with Crippen LogP contribution < -0.4 is 5.32 Å². The minimum atomic E-state index is -0.0387. The number of hydrogen-bond donors (Lipinski definition) is 1. The maximum absolute atomic E-state index is 11.8. The van der Waals surface area contributed by atoms with E-state index in [1.54, 1.807) is 18.5 Å². The second-order valence-electron chi connectivity index (χ2n) is 3.99. The molecule has 15 heavy (non-hydrogen) atoms. The number of carbonyl (C=O) groups is 1. The third-order valence-electron chi connectivity index (χ3n) is 2.65. The molecule has 0 spiro atoms. The molecule has 2 rings (SSSR count). The Morgan fingerprint density at radius 1 is 1.60 bits per heavy atom. The second kappa shape index (κ2) is 4.31. The van der Waals surface area contributed by atoms with Crippen LogP contribution >= 0.6 is 15.9 Å². The van der Waals surface area contributed by atoms with Gasteiger partial charge in [-0.05, 0) is 47.7 Å². The molecule has 1 atom stereocenters. The summed E-state index contributed by atoms with van der Waals surface area (Å²) < 4.78 is 0.828. The SMILES string of the molecule is CC(NC(=O)c1cncc(Br)c1)C1CC1. The lowest BCUT2D eigenvalue weighted by Gasteiger charge is -2.12. The Labute approximate surface area is 97.4 Å².